The first-order chi connectivity index (χ1) is 13.0. The van der Waals surface area contributed by atoms with Gasteiger partial charge in [-0.1, -0.05) is 41.5 Å². The van der Waals surface area contributed by atoms with E-state index in [1.807, 2.05) is 0 Å². The van der Waals surface area contributed by atoms with Gasteiger partial charge in [-0.3, -0.25) is 9.59 Å². The lowest BCUT2D eigenvalue weighted by Gasteiger charge is -2.15. The molecular weight excluding hydrogens is 425 g/mol. The summed E-state index contributed by atoms with van der Waals surface area (Å²) in [7, 11) is 0. The summed E-state index contributed by atoms with van der Waals surface area (Å²) >= 11 is 5.79. The molecule has 2 aliphatic heterocycles. The molecule has 6 heteroatoms. The highest BCUT2D eigenvalue weighted by Gasteiger charge is 2.43. The summed E-state index contributed by atoms with van der Waals surface area (Å²) in [5, 5.41) is -0.00969. The van der Waals surface area contributed by atoms with Crippen molar-refractivity contribution < 1.29 is 9.59 Å². The van der Waals surface area contributed by atoms with Gasteiger partial charge >= 0.3 is 0 Å². The van der Waals surface area contributed by atoms with Crippen molar-refractivity contribution in [2.45, 2.75) is 52.4 Å². The molecule has 0 saturated heterocycles. The van der Waals surface area contributed by atoms with Gasteiger partial charge in [0.1, 0.15) is 0 Å². The second-order valence-corrected chi connectivity index (χ2v) is 13.1. The second kappa shape index (κ2) is 6.73. The summed E-state index contributed by atoms with van der Waals surface area (Å²) in [5.41, 5.74) is 1.34. The van der Waals surface area contributed by atoms with Crippen LogP contribution < -0.4 is 0 Å². The zero-order chi connectivity index (χ0) is 20.4. The van der Waals surface area contributed by atoms with Crippen molar-refractivity contribution in [3.05, 3.63) is 54.9 Å². The minimum Gasteiger partial charge on any atom is -0.281 e. The van der Waals surface area contributed by atoms with Gasteiger partial charge in [0.05, 0.1) is 11.1 Å². The van der Waals surface area contributed by atoms with Crippen LogP contribution in [0.4, 0.5) is 0 Å². The molecule has 0 fully saturated rings. The summed E-state index contributed by atoms with van der Waals surface area (Å²) in [6.07, 6.45) is 0. The Morgan fingerprint density at radius 3 is 1.25 bits per heavy atom. The Balaban J connectivity index is 1.81. The molecule has 0 aromatic carbocycles. The average Bonchev–Trinajstić information content (AvgIpc) is 3.31. The summed E-state index contributed by atoms with van der Waals surface area (Å²) in [5.74, 6) is 0. The third kappa shape index (κ3) is 3.38. The van der Waals surface area contributed by atoms with Gasteiger partial charge in [-0.25, -0.2) is 0 Å². The Bertz CT molecular complexity index is 978. The number of thioether (sulfide) groups is 2. The number of rotatable bonds is 2. The van der Waals surface area contributed by atoms with E-state index in [4.69, 9.17) is 0 Å². The molecule has 4 heterocycles. The molecular formula is C22H22O2S4. The van der Waals surface area contributed by atoms with E-state index in [1.165, 1.54) is 33.3 Å². The van der Waals surface area contributed by atoms with E-state index in [0.717, 1.165) is 19.6 Å². The molecule has 0 bridgehead atoms. The number of hydrogen-bond donors (Lipinski definition) is 0. The fourth-order valence-electron chi connectivity index (χ4n) is 3.08. The predicted molar refractivity (Wildman–Crippen MR) is 125 cm³/mol. The van der Waals surface area contributed by atoms with Gasteiger partial charge in [0.25, 0.3) is 0 Å². The molecule has 0 unspecified atom stereocenters. The van der Waals surface area contributed by atoms with Gasteiger partial charge in [-0.15, -0.1) is 22.7 Å². The molecule has 0 amide bonds. The number of carbonyl (C=O) groups excluding carboxylic acids is 2. The molecule has 146 valence electrons. The summed E-state index contributed by atoms with van der Waals surface area (Å²) in [4.78, 5) is 32.0. The molecule has 2 nitrogen and oxygen atoms in total. The van der Waals surface area contributed by atoms with Crippen LogP contribution in [-0.4, -0.2) is 10.2 Å². The van der Waals surface area contributed by atoms with Gasteiger partial charge in [0.15, 0.2) is 0 Å². The van der Waals surface area contributed by atoms with Crippen molar-refractivity contribution in [3.63, 3.8) is 0 Å². The molecule has 0 spiro atoms. The quantitative estimate of drug-likeness (QED) is 0.494. The molecule has 2 aliphatic rings. The maximum atomic E-state index is 12.9. The minimum absolute atomic E-state index is 0.00485. The molecule has 2 aromatic heterocycles. The number of thiophene rings is 2. The molecule has 0 aliphatic carbocycles. The highest BCUT2D eigenvalue weighted by Crippen LogP contribution is 2.57. The maximum Gasteiger partial charge on any atom is 0.226 e. The maximum absolute atomic E-state index is 12.9. The Labute approximate surface area is 182 Å². The van der Waals surface area contributed by atoms with Crippen LogP contribution in [0.1, 0.15) is 61.1 Å². The zero-order valence-electron chi connectivity index (χ0n) is 16.8. The van der Waals surface area contributed by atoms with Crippen molar-refractivity contribution in [1.29, 1.82) is 0 Å². The smallest absolute Gasteiger partial charge is 0.226 e. The first kappa shape index (κ1) is 20.2. The van der Waals surface area contributed by atoms with Crippen molar-refractivity contribution in [1.82, 2.24) is 0 Å². The lowest BCUT2D eigenvalue weighted by Crippen LogP contribution is -2.07. The number of hydrogen-bond acceptors (Lipinski definition) is 6. The molecule has 4 rings (SSSR count). The molecule has 2 aromatic rings. The summed E-state index contributed by atoms with van der Waals surface area (Å²) in [6.45, 7) is 13.1. The van der Waals surface area contributed by atoms with Gasteiger partial charge in [0, 0.05) is 29.3 Å². The van der Waals surface area contributed by atoms with Crippen molar-refractivity contribution in [2.24, 2.45) is 0 Å². The summed E-state index contributed by atoms with van der Waals surface area (Å²) in [6, 6.07) is 8.33. The van der Waals surface area contributed by atoms with Crippen LogP contribution in [-0.2, 0) is 20.4 Å². The Hall–Kier alpha value is -1.08. The number of fused-ring (bicyclic) bond motifs is 1. The largest absolute Gasteiger partial charge is 0.281 e. The van der Waals surface area contributed by atoms with Crippen LogP contribution in [0.5, 0.6) is 0 Å². The summed E-state index contributed by atoms with van der Waals surface area (Å²) < 4.78 is 0. The topological polar surface area (TPSA) is 34.1 Å². The van der Waals surface area contributed by atoms with E-state index in [-0.39, 0.29) is 21.1 Å². The van der Waals surface area contributed by atoms with Crippen molar-refractivity contribution in [3.8, 4) is 0 Å². The Morgan fingerprint density at radius 1 is 0.607 bits per heavy atom. The van der Waals surface area contributed by atoms with Gasteiger partial charge in [-0.05, 0) is 58.6 Å². The van der Waals surface area contributed by atoms with Crippen LogP contribution in [0.3, 0.4) is 0 Å². The van der Waals surface area contributed by atoms with E-state index in [9.17, 15) is 9.59 Å². The third-order valence-electron chi connectivity index (χ3n) is 4.64. The lowest BCUT2D eigenvalue weighted by molar-refractivity contribution is -0.109. The Kier molecular flexibility index (Phi) is 4.85. The van der Waals surface area contributed by atoms with E-state index >= 15 is 0 Å². The van der Waals surface area contributed by atoms with Gasteiger partial charge in [0.2, 0.25) is 10.2 Å². The monoisotopic (exact) mass is 446 g/mol. The van der Waals surface area contributed by atoms with Crippen LogP contribution >= 0.6 is 46.2 Å². The van der Waals surface area contributed by atoms with E-state index in [1.54, 1.807) is 22.7 Å². The Morgan fingerprint density at radius 2 is 0.964 bits per heavy atom. The fraction of sp³-hybridized carbons (Fsp3) is 0.364. The van der Waals surface area contributed by atoms with Crippen molar-refractivity contribution in [2.75, 3.05) is 0 Å². The first-order valence-electron chi connectivity index (χ1n) is 9.11. The lowest BCUT2D eigenvalue weighted by atomic mass is 9.95. The number of carbonyl (C=O) groups is 2. The van der Waals surface area contributed by atoms with E-state index in [0.29, 0.717) is 11.1 Å². The molecule has 0 atom stereocenters. The zero-order valence-corrected chi connectivity index (χ0v) is 20.0. The molecule has 0 saturated carbocycles. The predicted octanol–water partition coefficient (Wildman–Crippen LogP) is 7.07. The standard InChI is InChI=1S/C22H22O2S4/c1-21(2,3)13-9-7-11(25-13)17-15-16(20(24)27-17)18(28-19(15)23)12-8-10-14(26-12)22(4,5)6/h7-10H,1-6H3. The van der Waals surface area contributed by atoms with E-state index < -0.39 is 0 Å². The molecule has 0 radical (unpaired) electrons. The average molecular weight is 447 g/mol. The van der Waals surface area contributed by atoms with Crippen LogP contribution in [0.15, 0.2) is 35.4 Å². The van der Waals surface area contributed by atoms with Crippen molar-refractivity contribution >= 4 is 66.2 Å². The highest BCUT2D eigenvalue weighted by atomic mass is 32.2. The highest BCUT2D eigenvalue weighted by molar-refractivity contribution is 8.26. The van der Waals surface area contributed by atoms with Crippen LogP contribution in [0.25, 0.3) is 9.81 Å². The van der Waals surface area contributed by atoms with Crippen LogP contribution in [0.2, 0.25) is 0 Å². The van der Waals surface area contributed by atoms with E-state index in [2.05, 4.69) is 65.8 Å². The van der Waals surface area contributed by atoms with Gasteiger partial charge < -0.3 is 0 Å². The molecule has 0 N–H and O–H groups in total. The SMILES string of the molecule is CC(C)(C)c1ccc(C2=C3C(=O)SC(c4ccc(C(C)(C)C)s4)=C3C(=O)S2)s1. The third-order valence-corrected chi connectivity index (χ3v) is 9.99. The van der Waals surface area contributed by atoms with Crippen LogP contribution in [0, 0.1) is 0 Å². The molecule has 28 heavy (non-hydrogen) atoms. The van der Waals surface area contributed by atoms with Gasteiger partial charge in [-0.2, -0.15) is 0 Å². The first-order valence-corrected chi connectivity index (χ1v) is 12.4. The normalized spacial score (nSPS) is 17.9. The fourth-order valence-corrected chi connectivity index (χ4v) is 7.64. The second-order valence-electron chi connectivity index (χ2n) is 9.02. The minimum atomic E-state index is -0.00485.